The van der Waals surface area contributed by atoms with Gasteiger partial charge in [-0.1, -0.05) is 0 Å². The first-order chi connectivity index (χ1) is 9.48. The van der Waals surface area contributed by atoms with Crippen molar-refractivity contribution in [3.05, 3.63) is 0 Å². The summed E-state index contributed by atoms with van der Waals surface area (Å²) >= 11 is 0. The highest BCUT2D eigenvalue weighted by atomic mass is 16.6. The standard InChI is InChI=1S/C15H28N2O4/c1-11(12(18)20-7)16-8-9-17(15(5,6)10-16)13(19)21-14(2,3)4/h11H,8-10H2,1-7H3/t11-/m0/s1. The Hall–Kier alpha value is -1.30. The van der Waals surface area contributed by atoms with Crippen LogP contribution in [0, 0.1) is 0 Å². The number of amides is 1. The lowest BCUT2D eigenvalue weighted by Gasteiger charge is -2.48. The number of methoxy groups -OCH3 is 1. The van der Waals surface area contributed by atoms with Gasteiger partial charge in [-0.3, -0.25) is 9.69 Å². The highest BCUT2D eigenvalue weighted by Crippen LogP contribution is 2.25. The van der Waals surface area contributed by atoms with Crippen LogP contribution in [0.3, 0.4) is 0 Å². The molecule has 0 aromatic heterocycles. The smallest absolute Gasteiger partial charge is 0.410 e. The van der Waals surface area contributed by atoms with Crippen molar-refractivity contribution in [1.29, 1.82) is 0 Å². The first kappa shape index (κ1) is 17.8. The van der Waals surface area contributed by atoms with Crippen LogP contribution in [0.15, 0.2) is 0 Å². The van der Waals surface area contributed by atoms with Crippen molar-refractivity contribution >= 4 is 12.1 Å². The van der Waals surface area contributed by atoms with Gasteiger partial charge in [-0.15, -0.1) is 0 Å². The Bertz CT molecular complexity index is 401. The van der Waals surface area contributed by atoms with E-state index in [2.05, 4.69) is 0 Å². The molecule has 1 aliphatic heterocycles. The lowest BCUT2D eigenvalue weighted by Crippen LogP contribution is -2.63. The average Bonchev–Trinajstić information content (AvgIpc) is 2.33. The van der Waals surface area contributed by atoms with Gasteiger partial charge in [0.2, 0.25) is 0 Å². The maximum Gasteiger partial charge on any atom is 0.410 e. The van der Waals surface area contributed by atoms with Crippen LogP contribution in [0.2, 0.25) is 0 Å². The molecule has 6 nitrogen and oxygen atoms in total. The number of hydrogen-bond donors (Lipinski definition) is 0. The number of piperazine rings is 1. The monoisotopic (exact) mass is 300 g/mol. The topological polar surface area (TPSA) is 59.1 Å². The number of carbonyl (C=O) groups excluding carboxylic acids is 2. The van der Waals surface area contributed by atoms with E-state index in [1.165, 1.54) is 7.11 Å². The predicted octanol–water partition coefficient (Wildman–Crippen LogP) is 1.88. The van der Waals surface area contributed by atoms with Crippen molar-refractivity contribution in [2.24, 2.45) is 0 Å². The molecule has 1 atom stereocenters. The van der Waals surface area contributed by atoms with Crippen LogP contribution < -0.4 is 0 Å². The predicted molar refractivity (Wildman–Crippen MR) is 80.1 cm³/mol. The molecule has 0 aromatic carbocycles. The van der Waals surface area contributed by atoms with E-state index in [1.54, 1.807) is 4.90 Å². The number of rotatable bonds is 2. The van der Waals surface area contributed by atoms with Gasteiger partial charge in [0.25, 0.3) is 0 Å². The van der Waals surface area contributed by atoms with Crippen molar-refractivity contribution in [3.63, 3.8) is 0 Å². The Morgan fingerprint density at radius 2 is 1.76 bits per heavy atom. The van der Waals surface area contributed by atoms with E-state index in [0.29, 0.717) is 19.6 Å². The van der Waals surface area contributed by atoms with Crippen molar-refractivity contribution in [2.75, 3.05) is 26.7 Å². The Kier molecular flexibility index (Phi) is 5.25. The molecule has 0 spiro atoms. The molecule has 6 heteroatoms. The highest BCUT2D eigenvalue weighted by molar-refractivity contribution is 5.75. The minimum absolute atomic E-state index is 0.253. The maximum absolute atomic E-state index is 12.3. The van der Waals surface area contributed by atoms with Gasteiger partial charge in [0, 0.05) is 19.6 Å². The number of nitrogens with zero attached hydrogens (tertiary/aromatic N) is 2. The molecule has 0 unspecified atom stereocenters. The third-order valence-corrected chi connectivity index (χ3v) is 3.64. The third-order valence-electron chi connectivity index (χ3n) is 3.64. The summed E-state index contributed by atoms with van der Waals surface area (Å²) < 4.78 is 10.2. The van der Waals surface area contributed by atoms with Crippen LogP contribution in [0.5, 0.6) is 0 Å². The number of esters is 1. The third kappa shape index (κ3) is 4.59. The van der Waals surface area contributed by atoms with Crippen molar-refractivity contribution in [3.8, 4) is 0 Å². The summed E-state index contributed by atoms with van der Waals surface area (Å²) in [5.74, 6) is -0.253. The van der Waals surface area contributed by atoms with Crippen LogP contribution in [0.4, 0.5) is 4.79 Å². The molecular weight excluding hydrogens is 272 g/mol. The molecule has 1 rings (SSSR count). The summed E-state index contributed by atoms with van der Waals surface area (Å²) in [4.78, 5) is 27.7. The summed E-state index contributed by atoms with van der Waals surface area (Å²) in [5.41, 5.74) is -0.910. The van der Waals surface area contributed by atoms with E-state index >= 15 is 0 Å². The number of ether oxygens (including phenoxy) is 2. The Morgan fingerprint density at radius 3 is 2.19 bits per heavy atom. The fourth-order valence-corrected chi connectivity index (χ4v) is 2.50. The van der Waals surface area contributed by atoms with E-state index in [0.717, 1.165) is 0 Å². The summed E-state index contributed by atoms with van der Waals surface area (Å²) in [5, 5.41) is 0. The number of hydrogen-bond acceptors (Lipinski definition) is 5. The zero-order valence-electron chi connectivity index (χ0n) is 14.2. The maximum atomic E-state index is 12.3. The minimum Gasteiger partial charge on any atom is -0.468 e. The molecular formula is C15H28N2O4. The van der Waals surface area contributed by atoms with Gasteiger partial charge in [0.1, 0.15) is 11.6 Å². The molecule has 0 aliphatic carbocycles. The molecule has 1 amide bonds. The van der Waals surface area contributed by atoms with Gasteiger partial charge >= 0.3 is 12.1 Å². The van der Waals surface area contributed by atoms with Gasteiger partial charge in [-0.05, 0) is 41.5 Å². The van der Waals surface area contributed by atoms with Crippen LogP contribution in [-0.2, 0) is 14.3 Å². The van der Waals surface area contributed by atoms with Crippen LogP contribution >= 0.6 is 0 Å². The van der Waals surface area contributed by atoms with Gasteiger partial charge in [0.05, 0.1) is 12.6 Å². The van der Waals surface area contributed by atoms with Crippen molar-refractivity contribution in [1.82, 2.24) is 9.80 Å². The lowest BCUT2D eigenvalue weighted by atomic mass is 9.98. The zero-order valence-corrected chi connectivity index (χ0v) is 14.2. The Balaban J connectivity index is 2.75. The second-order valence-corrected chi connectivity index (χ2v) is 7.11. The molecule has 1 saturated heterocycles. The summed E-state index contributed by atoms with van der Waals surface area (Å²) in [6.07, 6.45) is -0.308. The highest BCUT2D eigenvalue weighted by Gasteiger charge is 2.41. The van der Waals surface area contributed by atoms with Crippen LogP contribution in [0.25, 0.3) is 0 Å². The average molecular weight is 300 g/mol. The fourth-order valence-electron chi connectivity index (χ4n) is 2.50. The molecule has 0 saturated carbocycles. The molecule has 0 N–H and O–H groups in total. The molecule has 122 valence electrons. The van der Waals surface area contributed by atoms with Gasteiger partial charge in [-0.25, -0.2) is 4.79 Å². The molecule has 1 fully saturated rings. The molecule has 21 heavy (non-hydrogen) atoms. The van der Waals surface area contributed by atoms with E-state index in [9.17, 15) is 9.59 Å². The SMILES string of the molecule is COC(=O)[C@H](C)N1CCN(C(=O)OC(C)(C)C)C(C)(C)C1. The largest absolute Gasteiger partial charge is 0.468 e. The first-order valence-electron chi connectivity index (χ1n) is 7.30. The summed E-state index contributed by atoms with van der Waals surface area (Å²) in [6, 6.07) is -0.310. The van der Waals surface area contributed by atoms with E-state index in [1.807, 2.05) is 46.4 Å². The van der Waals surface area contributed by atoms with Crippen LogP contribution in [-0.4, -0.2) is 65.8 Å². The fraction of sp³-hybridized carbons (Fsp3) is 0.867. The Labute approximate surface area is 127 Å². The van der Waals surface area contributed by atoms with Crippen LogP contribution in [0.1, 0.15) is 41.5 Å². The van der Waals surface area contributed by atoms with Gasteiger partial charge in [0.15, 0.2) is 0 Å². The van der Waals surface area contributed by atoms with E-state index in [4.69, 9.17) is 9.47 Å². The number of carbonyl (C=O) groups is 2. The van der Waals surface area contributed by atoms with Gasteiger partial charge < -0.3 is 14.4 Å². The summed E-state index contributed by atoms with van der Waals surface area (Å²) in [7, 11) is 1.39. The molecule has 1 aliphatic rings. The minimum atomic E-state index is -0.510. The van der Waals surface area contributed by atoms with Crippen molar-refractivity contribution in [2.45, 2.75) is 58.7 Å². The zero-order chi connectivity index (χ0) is 16.4. The quantitative estimate of drug-likeness (QED) is 0.729. The molecule has 0 radical (unpaired) electrons. The van der Waals surface area contributed by atoms with Gasteiger partial charge in [-0.2, -0.15) is 0 Å². The van der Waals surface area contributed by atoms with E-state index < -0.39 is 11.1 Å². The second kappa shape index (κ2) is 6.22. The van der Waals surface area contributed by atoms with E-state index in [-0.39, 0.29) is 18.1 Å². The lowest BCUT2D eigenvalue weighted by molar-refractivity contribution is -0.148. The second-order valence-electron chi connectivity index (χ2n) is 7.11. The van der Waals surface area contributed by atoms with Crippen molar-refractivity contribution < 1.29 is 19.1 Å². The molecule has 0 bridgehead atoms. The Morgan fingerprint density at radius 1 is 1.19 bits per heavy atom. The normalized spacial score (nSPS) is 20.8. The molecule has 1 heterocycles. The molecule has 0 aromatic rings. The summed E-state index contributed by atoms with van der Waals surface area (Å²) in [6.45, 7) is 13.1. The first-order valence-corrected chi connectivity index (χ1v) is 7.30.